The van der Waals surface area contributed by atoms with Gasteiger partial charge >= 0.3 is 5.97 Å². The van der Waals surface area contributed by atoms with Crippen LogP contribution in [0.2, 0.25) is 0 Å². The minimum absolute atomic E-state index is 0.301. The lowest BCUT2D eigenvalue weighted by Gasteiger charge is -2.12. The Morgan fingerprint density at radius 2 is 1.89 bits per heavy atom. The molecule has 0 saturated heterocycles. The van der Waals surface area contributed by atoms with Crippen LogP contribution in [0.5, 0.6) is 5.75 Å². The minimum atomic E-state index is -2.70. The van der Waals surface area contributed by atoms with Crippen LogP contribution in [0.25, 0.3) is 6.08 Å². The van der Waals surface area contributed by atoms with Crippen molar-refractivity contribution in [2.75, 3.05) is 20.0 Å². The summed E-state index contributed by atoms with van der Waals surface area (Å²) in [6.45, 7) is 5.66. The molecule has 27 heavy (non-hydrogen) atoms. The Bertz CT molecular complexity index is 971. The molecular formula is C21H25NO4S. The maximum absolute atomic E-state index is 13.3. The second-order valence-electron chi connectivity index (χ2n) is 6.16. The van der Waals surface area contributed by atoms with Crippen molar-refractivity contribution in [3.63, 3.8) is 0 Å². The van der Waals surface area contributed by atoms with E-state index in [-0.39, 0.29) is 0 Å². The molecule has 0 aliphatic carbocycles. The molecule has 2 aromatic rings. The van der Waals surface area contributed by atoms with Gasteiger partial charge in [0.2, 0.25) is 0 Å². The van der Waals surface area contributed by atoms with Crippen molar-refractivity contribution in [3.8, 4) is 5.75 Å². The second kappa shape index (κ2) is 8.86. The van der Waals surface area contributed by atoms with E-state index in [2.05, 4.69) is 4.36 Å². The molecule has 0 bridgehead atoms. The fraction of sp³-hybridized carbons (Fsp3) is 0.286. The summed E-state index contributed by atoms with van der Waals surface area (Å²) in [6.07, 6.45) is 3.28. The second-order valence-corrected chi connectivity index (χ2v) is 8.42. The van der Waals surface area contributed by atoms with Gasteiger partial charge in [0, 0.05) is 22.3 Å². The highest BCUT2D eigenvalue weighted by Gasteiger charge is 2.15. The third kappa shape index (κ3) is 5.20. The molecule has 0 radical (unpaired) electrons. The molecule has 0 unspecified atom stereocenters. The summed E-state index contributed by atoms with van der Waals surface area (Å²) < 4.78 is 28.3. The van der Waals surface area contributed by atoms with E-state index in [9.17, 15) is 9.00 Å². The third-order valence-corrected chi connectivity index (χ3v) is 5.56. The normalized spacial score (nSPS) is 13.6. The first-order valence-corrected chi connectivity index (χ1v) is 10.5. The van der Waals surface area contributed by atoms with E-state index >= 15 is 0 Å². The van der Waals surface area contributed by atoms with Crippen molar-refractivity contribution < 1.29 is 18.5 Å². The van der Waals surface area contributed by atoms with Gasteiger partial charge in [-0.15, -0.1) is 0 Å². The zero-order valence-corrected chi connectivity index (χ0v) is 17.1. The SMILES string of the molecule is CCOC(=O)/C(C)=C/c1cc(C)cc(OC)c1N=[S@](C)(=O)c1ccccc1. The fourth-order valence-corrected chi connectivity index (χ4v) is 3.88. The minimum Gasteiger partial charge on any atom is -0.494 e. The van der Waals surface area contributed by atoms with Crippen LogP contribution in [-0.2, 0) is 19.3 Å². The van der Waals surface area contributed by atoms with Gasteiger partial charge in [0.05, 0.1) is 23.4 Å². The predicted octanol–water partition coefficient (Wildman–Crippen LogP) is 4.76. The van der Waals surface area contributed by atoms with Crippen molar-refractivity contribution in [2.45, 2.75) is 25.7 Å². The van der Waals surface area contributed by atoms with Crippen LogP contribution < -0.4 is 4.74 Å². The summed E-state index contributed by atoms with van der Waals surface area (Å²) in [7, 11) is -1.16. The molecule has 6 heteroatoms. The molecule has 0 aliphatic heterocycles. The molecule has 0 spiro atoms. The van der Waals surface area contributed by atoms with Gasteiger partial charge in [0.15, 0.2) is 0 Å². The summed E-state index contributed by atoms with van der Waals surface area (Å²) in [4.78, 5) is 12.6. The van der Waals surface area contributed by atoms with Gasteiger partial charge in [-0.2, -0.15) is 4.36 Å². The lowest BCUT2D eigenvalue weighted by Crippen LogP contribution is -2.05. The van der Waals surface area contributed by atoms with Gasteiger partial charge in [-0.1, -0.05) is 18.2 Å². The highest BCUT2D eigenvalue weighted by atomic mass is 32.2. The molecule has 0 aliphatic rings. The number of hydrogen-bond acceptors (Lipinski definition) is 5. The standard InChI is InChI=1S/C21H25NO4S/c1-6-26-21(23)16(3)14-17-12-15(2)13-19(25-4)20(17)22-27(5,24)18-10-8-7-9-11-18/h7-14H,6H2,1-5H3/b16-14+/t27-/m1/s1. The van der Waals surface area contributed by atoms with Crippen LogP contribution in [0, 0.1) is 6.92 Å². The Morgan fingerprint density at radius 1 is 1.22 bits per heavy atom. The van der Waals surface area contributed by atoms with Crippen molar-refractivity contribution in [1.82, 2.24) is 0 Å². The maximum atomic E-state index is 13.3. The quantitative estimate of drug-likeness (QED) is 0.529. The summed E-state index contributed by atoms with van der Waals surface area (Å²) in [5.74, 6) is 0.104. The van der Waals surface area contributed by atoms with Gasteiger partial charge < -0.3 is 9.47 Å². The molecule has 0 aromatic heterocycles. The zero-order valence-electron chi connectivity index (χ0n) is 16.3. The van der Waals surface area contributed by atoms with Crippen LogP contribution in [0.1, 0.15) is 25.0 Å². The van der Waals surface area contributed by atoms with E-state index in [1.165, 1.54) is 0 Å². The van der Waals surface area contributed by atoms with E-state index in [1.54, 1.807) is 45.4 Å². The number of aryl methyl sites for hydroxylation is 1. The first kappa shape index (κ1) is 20.7. The number of carbonyl (C=O) groups excluding carboxylic acids is 1. The van der Waals surface area contributed by atoms with Gasteiger partial charge in [-0.05, 0) is 56.7 Å². The molecule has 2 rings (SSSR count). The van der Waals surface area contributed by atoms with E-state index in [1.807, 2.05) is 37.3 Å². The van der Waals surface area contributed by atoms with E-state index in [4.69, 9.17) is 9.47 Å². The fourth-order valence-electron chi connectivity index (χ4n) is 2.57. The van der Waals surface area contributed by atoms with Crippen molar-refractivity contribution in [3.05, 3.63) is 59.2 Å². The van der Waals surface area contributed by atoms with Crippen LogP contribution >= 0.6 is 0 Å². The van der Waals surface area contributed by atoms with Gasteiger partial charge in [0.25, 0.3) is 0 Å². The summed E-state index contributed by atoms with van der Waals surface area (Å²) in [5, 5.41) is 0. The molecule has 2 aromatic carbocycles. The van der Waals surface area contributed by atoms with Gasteiger partial charge in [-0.3, -0.25) is 0 Å². The summed E-state index contributed by atoms with van der Waals surface area (Å²) in [5.41, 5.74) is 2.48. The Morgan fingerprint density at radius 3 is 2.48 bits per heavy atom. The molecule has 0 N–H and O–H groups in total. The topological polar surface area (TPSA) is 65.0 Å². The number of benzene rings is 2. The lowest BCUT2D eigenvalue weighted by atomic mass is 10.1. The molecular weight excluding hydrogens is 362 g/mol. The summed E-state index contributed by atoms with van der Waals surface area (Å²) >= 11 is 0. The number of nitrogens with zero attached hydrogens (tertiary/aromatic N) is 1. The lowest BCUT2D eigenvalue weighted by molar-refractivity contribution is -0.138. The van der Waals surface area contributed by atoms with Gasteiger partial charge in [0.1, 0.15) is 11.4 Å². The Balaban J connectivity index is 2.68. The predicted molar refractivity (Wildman–Crippen MR) is 109 cm³/mol. The molecule has 0 fully saturated rings. The van der Waals surface area contributed by atoms with Crippen LogP contribution in [0.15, 0.2) is 57.3 Å². The average molecular weight is 388 g/mol. The monoisotopic (exact) mass is 387 g/mol. The first-order valence-electron chi connectivity index (χ1n) is 8.59. The smallest absolute Gasteiger partial charge is 0.333 e. The van der Waals surface area contributed by atoms with Crippen molar-refractivity contribution >= 4 is 27.5 Å². The van der Waals surface area contributed by atoms with Crippen molar-refractivity contribution in [1.29, 1.82) is 0 Å². The van der Waals surface area contributed by atoms with Gasteiger partial charge in [-0.25, -0.2) is 9.00 Å². The molecule has 0 saturated carbocycles. The molecule has 0 heterocycles. The maximum Gasteiger partial charge on any atom is 0.333 e. The van der Waals surface area contributed by atoms with E-state index in [0.717, 1.165) is 5.56 Å². The highest BCUT2D eigenvalue weighted by molar-refractivity contribution is 7.93. The molecule has 1 atom stereocenters. The third-order valence-electron chi connectivity index (χ3n) is 3.88. The number of esters is 1. The first-order chi connectivity index (χ1) is 12.8. The van der Waals surface area contributed by atoms with E-state index in [0.29, 0.717) is 34.1 Å². The zero-order chi connectivity index (χ0) is 20.0. The average Bonchev–Trinajstić information content (AvgIpc) is 2.64. The Labute approximate surface area is 161 Å². The number of rotatable bonds is 6. The van der Waals surface area contributed by atoms with E-state index < -0.39 is 15.7 Å². The Hall–Kier alpha value is -2.60. The van der Waals surface area contributed by atoms with Crippen LogP contribution in [0.3, 0.4) is 0 Å². The van der Waals surface area contributed by atoms with Crippen LogP contribution in [-0.4, -0.2) is 30.2 Å². The Kier molecular flexibility index (Phi) is 6.80. The van der Waals surface area contributed by atoms with Crippen molar-refractivity contribution in [2.24, 2.45) is 4.36 Å². The molecule has 144 valence electrons. The molecule has 5 nitrogen and oxygen atoms in total. The molecule has 0 amide bonds. The number of hydrogen-bond donors (Lipinski definition) is 0. The number of carbonyl (C=O) groups is 1. The summed E-state index contributed by atoms with van der Waals surface area (Å²) in [6, 6.07) is 12.8. The largest absolute Gasteiger partial charge is 0.494 e. The highest BCUT2D eigenvalue weighted by Crippen LogP contribution is 2.36. The number of methoxy groups -OCH3 is 1. The number of ether oxygens (including phenoxy) is 2. The van der Waals surface area contributed by atoms with Crippen LogP contribution in [0.4, 0.5) is 5.69 Å².